The number of carboxylic acid groups (broad SMARTS) is 1. The molecule has 0 unspecified atom stereocenters. The van der Waals surface area contributed by atoms with Gasteiger partial charge in [-0.15, -0.1) is 0 Å². The average molecular weight is 507 g/mol. The molecule has 0 saturated heterocycles. The number of aryl methyl sites for hydroxylation is 1. The van der Waals surface area contributed by atoms with Crippen molar-refractivity contribution in [2.75, 3.05) is 20.3 Å². The van der Waals surface area contributed by atoms with Gasteiger partial charge >= 0.3 is 12.1 Å². The lowest BCUT2D eigenvalue weighted by molar-refractivity contribution is -0.138. The van der Waals surface area contributed by atoms with Crippen molar-refractivity contribution < 1.29 is 37.7 Å². The number of ether oxygens (including phenoxy) is 3. The molecule has 0 bridgehead atoms. The summed E-state index contributed by atoms with van der Waals surface area (Å²) in [4.78, 5) is 29.6. The molecule has 1 amide bonds. The van der Waals surface area contributed by atoms with Gasteiger partial charge in [-0.25, -0.2) is 9.78 Å². The molecular weight excluding hydrogens is 480 g/mol. The molecule has 10 nitrogen and oxygen atoms in total. The number of rotatable bonds is 11. The summed E-state index contributed by atoms with van der Waals surface area (Å²) in [5.41, 5.74) is 1.44. The van der Waals surface area contributed by atoms with E-state index in [2.05, 4.69) is 4.98 Å². The van der Waals surface area contributed by atoms with Crippen LogP contribution >= 0.6 is 0 Å². The summed E-state index contributed by atoms with van der Waals surface area (Å²) in [6.45, 7) is 1.67. The lowest BCUT2D eigenvalue weighted by Crippen LogP contribution is -2.37. The summed E-state index contributed by atoms with van der Waals surface area (Å²) in [5, 5.41) is 9.30. The van der Waals surface area contributed by atoms with Crippen molar-refractivity contribution in [1.82, 2.24) is 9.88 Å². The number of carbonyl (C=O) groups is 2. The lowest BCUT2D eigenvalue weighted by atomic mass is 10.2. The summed E-state index contributed by atoms with van der Waals surface area (Å²) >= 11 is 0. The number of aliphatic carboxylic acids is 1. The maximum atomic E-state index is 12.7. The highest BCUT2D eigenvalue weighted by molar-refractivity contribution is 5.78. The van der Waals surface area contributed by atoms with Gasteiger partial charge in [-0.3, -0.25) is 9.69 Å². The molecule has 0 atom stereocenters. The van der Waals surface area contributed by atoms with Gasteiger partial charge in [0.2, 0.25) is 0 Å². The zero-order valence-electron chi connectivity index (χ0n) is 20.4. The molecular formula is C27H26N2O8. The van der Waals surface area contributed by atoms with Crippen LogP contribution in [0.25, 0.3) is 11.7 Å². The third-order valence-electron chi connectivity index (χ3n) is 5.35. The molecule has 0 aliphatic carbocycles. The molecule has 0 aliphatic rings. The van der Waals surface area contributed by atoms with E-state index in [4.69, 9.17) is 23.0 Å². The number of amides is 1. The quantitative estimate of drug-likeness (QED) is 0.300. The highest BCUT2D eigenvalue weighted by Gasteiger charge is 2.20. The minimum Gasteiger partial charge on any atom is -0.497 e. The Bertz CT molecular complexity index is 1330. The van der Waals surface area contributed by atoms with Gasteiger partial charge in [0.1, 0.15) is 29.6 Å². The van der Waals surface area contributed by atoms with Crippen LogP contribution in [0.5, 0.6) is 17.2 Å². The van der Waals surface area contributed by atoms with Crippen LogP contribution in [0.15, 0.2) is 75.8 Å². The van der Waals surface area contributed by atoms with Gasteiger partial charge in [0.15, 0.2) is 5.76 Å². The fourth-order valence-corrected chi connectivity index (χ4v) is 3.54. The smallest absolute Gasteiger partial charge is 0.416 e. The Morgan fingerprint density at radius 2 is 1.81 bits per heavy atom. The van der Waals surface area contributed by atoms with E-state index in [1.54, 1.807) is 66.9 Å². The van der Waals surface area contributed by atoms with Crippen LogP contribution in [-0.2, 0) is 17.8 Å². The van der Waals surface area contributed by atoms with Crippen LogP contribution in [0.1, 0.15) is 17.0 Å². The first-order chi connectivity index (χ1) is 17.9. The molecule has 2 aromatic carbocycles. The zero-order valence-corrected chi connectivity index (χ0v) is 20.4. The molecule has 4 rings (SSSR count). The van der Waals surface area contributed by atoms with Crippen molar-refractivity contribution in [3.63, 3.8) is 0 Å². The number of oxazole rings is 1. The molecule has 0 radical (unpaired) electrons. The Morgan fingerprint density at radius 3 is 2.51 bits per heavy atom. The van der Waals surface area contributed by atoms with Gasteiger partial charge in [0, 0.05) is 13.0 Å². The Labute approximate surface area is 213 Å². The van der Waals surface area contributed by atoms with Gasteiger partial charge in [0.05, 0.1) is 25.7 Å². The monoisotopic (exact) mass is 506 g/mol. The number of carbonyl (C=O) groups excluding carboxylic acids is 1. The van der Waals surface area contributed by atoms with Gasteiger partial charge < -0.3 is 28.2 Å². The van der Waals surface area contributed by atoms with Crippen LogP contribution in [0.2, 0.25) is 0 Å². The predicted octanol–water partition coefficient (Wildman–Crippen LogP) is 4.96. The molecule has 0 spiro atoms. The molecule has 4 aromatic rings. The van der Waals surface area contributed by atoms with Crippen molar-refractivity contribution >= 4 is 12.1 Å². The van der Waals surface area contributed by atoms with Gasteiger partial charge in [-0.1, -0.05) is 12.1 Å². The first kappa shape index (κ1) is 25.4. The summed E-state index contributed by atoms with van der Waals surface area (Å²) in [6.07, 6.45) is 1.29. The second kappa shape index (κ2) is 11.8. The van der Waals surface area contributed by atoms with E-state index < -0.39 is 18.6 Å². The van der Waals surface area contributed by atoms with Crippen molar-refractivity contribution in [3.05, 3.63) is 83.9 Å². The number of hydrogen-bond acceptors (Lipinski definition) is 8. The number of aromatic nitrogens is 1. The Hall–Kier alpha value is -4.73. The molecule has 0 saturated carbocycles. The van der Waals surface area contributed by atoms with E-state index in [1.165, 1.54) is 7.11 Å². The van der Waals surface area contributed by atoms with E-state index in [0.717, 1.165) is 10.6 Å². The van der Waals surface area contributed by atoms with Crippen LogP contribution in [-0.4, -0.2) is 47.3 Å². The Kier molecular flexibility index (Phi) is 8.09. The van der Waals surface area contributed by atoms with Gasteiger partial charge in [0.25, 0.3) is 5.89 Å². The number of nitrogens with zero attached hydrogens (tertiary/aromatic N) is 2. The number of hydrogen-bond donors (Lipinski definition) is 1. The standard InChI is InChI=1S/C27H26N2O8/c1-18-23(28-26(36-18)24-7-4-13-35-24)12-14-34-22-6-3-5-19(15-22)16-29(17-25(30)31)27(32)37-21-10-8-20(33-2)9-11-21/h3-11,13,15H,12,14,16-17H2,1-2H3,(H,30,31). The third-order valence-corrected chi connectivity index (χ3v) is 5.35. The molecule has 192 valence electrons. The fourth-order valence-electron chi connectivity index (χ4n) is 3.54. The average Bonchev–Trinajstić information content (AvgIpc) is 3.54. The van der Waals surface area contributed by atoms with E-state index in [1.807, 2.05) is 6.92 Å². The zero-order chi connectivity index (χ0) is 26.2. The van der Waals surface area contributed by atoms with E-state index >= 15 is 0 Å². The van der Waals surface area contributed by atoms with Crippen LogP contribution in [0.3, 0.4) is 0 Å². The second-order valence-corrected chi connectivity index (χ2v) is 8.04. The number of methoxy groups -OCH3 is 1. The van der Waals surface area contributed by atoms with Crippen molar-refractivity contribution in [3.8, 4) is 28.9 Å². The Balaban J connectivity index is 1.36. The van der Waals surface area contributed by atoms with E-state index in [0.29, 0.717) is 47.5 Å². The SMILES string of the molecule is COc1ccc(OC(=O)N(CC(=O)O)Cc2cccc(OCCc3nc(-c4ccco4)oc3C)c2)cc1. The number of carboxylic acids is 1. The lowest BCUT2D eigenvalue weighted by Gasteiger charge is -2.20. The van der Waals surface area contributed by atoms with Gasteiger partial charge in [-0.2, -0.15) is 0 Å². The molecule has 0 fully saturated rings. The van der Waals surface area contributed by atoms with Crippen LogP contribution in [0.4, 0.5) is 4.79 Å². The molecule has 1 N–H and O–H groups in total. The van der Waals surface area contributed by atoms with Crippen molar-refractivity contribution in [2.45, 2.75) is 19.9 Å². The number of benzene rings is 2. The van der Waals surface area contributed by atoms with Crippen molar-refractivity contribution in [2.24, 2.45) is 0 Å². The largest absolute Gasteiger partial charge is 0.497 e. The predicted molar refractivity (Wildman–Crippen MR) is 132 cm³/mol. The minimum atomic E-state index is -1.16. The fraction of sp³-hybridized carbons (Fsp3) is 0.222. The molecule has 0 aliphatic heterocycles. The summed E-state index contributed by atoms with van der Waals surface area (Å²) in [5.74, 6) is 1.95. The molecule has 2 aromatic heterocycles. The minimum absolute atomic E-state index is 0.0212. The third kappa shape index (κ3) is 6.91. The topological polar surface area (TPSA) is 124 Å². The maximum absolute atomic E-state index is 12.7. The van der Waals surface area contributed by atoms with E-state index in [9.17, 15) is 14.7 Å². The van der Waals surface area contributed by atoms with Crippen LogP contribution < -0.4 is 14.2 Å². The van der Waals surface area contributed by atoms with Crippen molar-refractivity contribution in [1.29, 1.82) is 0 Å². The first-order valence-corrected chi connectivity index (χ1v) is 11.5. The molecule has 10 heteroatoms. The highest BCUT2D eigenvalue weighted by atomic mass is 16.6. The summed E-state index contributed by atoms with van der Waals surface area (Å²) in [6, 6.07) is 17.0. The molecule has 37 heavy (non-hydrogen) atoms. The summed E-state index contributed by atoms with van der Waals surface area (Å²) in [7, 11) is 1.53. The van der Waals surface area contributed by atoms with Gasteiger partial charge in [-0.05, 0) is 61.0 Å². The van der Waals surface area contributed by atoms with E-state index in [-0.39, 0.29) is 12.3 Å². The van der Waals surface area contributed by atoms with Crippen LogP contribution in [0, 0.1) is 6.92 Å². The number of furan rings is 1. The highest BCUT2D eigenvalue weighted by Crippen LogP contribution is 2.23. The normalized spacial score (nSPS) is 10.6. The first-order valence-electron chi connectivity index (χ1n) is 11.5. The molecule has 2 heterocycles. The summed E-state index contributed by atoms with van der Waals surface area (Å²) < 4.78 is 27.3. The second-order valence-electron chi connectivity index (χ2n) is 8.04. The Morgan fingerprint density at radius 1 is 1.03 bits per heavy atom. The maximum Gasteiger partial charge on any atom is 0.416 e.